The number of para-hydroxylation sites is 2. The van der Waals surface area contributed by atoms with Crippen LogP contribution in [0.25, 0.3) is 0 Å². The van der Waals surface area contributed by atoms with E-state index in [2.05, 4.69) is 5.32 Å². The maximum absolute atomic E-state index is 13.5. The fourth-order valence-corrected chi connectivity index (χ4v) is 3.80. The molecule has 0 spiro atoms. The molecule has 6 heteroatoms. The minimum atomic E-state index is -0.317. The molecule has 5 nitrogen and oxygen atoms in total. The zero-order valence-corrected chi connectivity index (χ0v) is 17.3. The molecule has 1 heterocycles. The second-order valence-corrected chi connectivity index (χ2v) is 7.68. The largest absolute Gasteiger partial charge is 0.324 e. The fraction of sp³-hybridized carbons (Fsp3) is 0.200. The summed E-state index contributed by atoms with van der Waals surface area (Å²) in [5, 5.41) is 2.94. The first-order chi connectivity index (χ1) is 15.0. The third-order valence-corrected chi connectivity index (χ3v) is 5.30. The van der Waals surface area contributed by atoms with Gasteiger partial charge in [-0.05, 0) is 55.3 Å². The summed E-state index contributed by atoms with van der Waals surface area (Å²) in [4.78, 5) is 29.4. The number of urea groups is 1. The van der Waals surface area contributed by atoms with E-state index in [0.29, 0.717) is 36.6 Å². The minimum Gasteiger partial charge on any atom is -0.320 e. The normalized spacial score (nSPS) is 13.9. The number of aryl methyl sites for hydroxylation is 1. The number of amides is 3. The molecular formula is C25H24FN3O2. The summed E-state index contributed by atoms with van der Waals surface area (Å²) in [6, 6.07) is 20.8. The SMILES string of the molecule is Cc1cccc(C(=O)Nc2ccccc2N2CCCN(Cc3cccc(F)c3)C2=O)c1. The number of hydrogen-bond acceptors (Lipinski definition) is 2. The highest BCUT2D eigenvalue weighted by molar-refractivity contribution is 6.07. The monoisotopic (exact) mass is 417 g/mol. The Balaban J connectivity index is 1.55. The summed E-state index contributed by atoms with van der Waals surface area (Å²) >= 11 is 0. The van der Waals surface area contributed by atoms with Gasteiger partial charge in [0.15, 0.2) is 0 Å². The van der Waals surface area contributed by atoms with E-state index < -0.39 is 0 Å². The average Bonchev–Trinajstić information content (AvgIpc) is 2.76. The Morgan fingerprint density at radius 2 is 1.81 bits per heavy atom. The number of benzene rings is 3. The smallest absolute Gasteiger partial charge is 0.320 e. The molecule has 31 heavy (non-hydrogen) atoms. The van der Waals surface area contributed by atoms with Crippen molar-refractivity contribution >= 4 is 23.3 Å². The van der Waals surface area contributed by atoms with Gasteiger partial charge in [0.25, 0.3) is 5.91 Å². The average molecular weight is 417 g/mol. The van der Waals surface area contributed by atoms with Gasteiger partial charge in [0.2, 0.25) is 0 Å². The lowest BCUT2D eigenvalue weighted by molar-refractivity contribution is 0.102. The van der Waals surface area contributed by atoms with Crippen LogP contribution >= 0.6 is 0 Å². The third-order valence-electron chi connectivity index (χ3n) is 5.30. The molecule has 1 aliphatic rings. The summed E-state index contributed by atoms with van der Waals surface area (Å²) in [5.41, 5.74) is 3.54. The lowest BCUT2D eigenvalue weighted by Crippen LogP contribution is -2.49. The number of nitrogens with zero attached hydrogens (tertiary/aromatic N) is 2. The highest BCUT2D eigenvalue weighted by Crippen LogP contribution is 2.29. The van der Waals surface area contributed by atoms with E-state index in [-0.39, 0.29) is 17.8 Å². The maximum atomic E-state index is 13.5. The van der Waals surface area contributed by atoms with Crippen molar-refractivity contribution in [3.05, 3.63) is 95.3 Å². The number of halogens is 1. The Bertz CT molecular complexity index is 1120. The summed E-state index contributed by atoms with van der Waals surface area (Å²) in [5.74, 6) is -0.541. The van der Waals surface area contributed by atoms with Crippen molar-refractivity contribution in [1.82, 2.24) is 4.90 Å². The van der Waals surface area contributed by atoms with Crippen LogP contribution in [-0.4, -0.2) is 29.9 Å². The Hall–Kier alpha value is -3.67. The van der Waals surface area contributed by atoms with Gasteiger partial charge in [-0.3, -0.25) is 9.69 Å². The third kappa shape index (κ3) is 4.74. The molecule has 0 radical (unpaired) electrons. The quantitative estimate of drug-likeness (QED) is 0.619. The van der Waals surface area contributed by atoms with Gasteiger partial charge >= 0.3 is 6.03 Å². The number of nitrogens with one attached hydrogen (secondary N) is 1. The van der Waals surface area contributed by atoms with E-state index in [1.807, 2.05) is 49.4 Å². The van der Waals surface area contributed by atoms with Crippen LogP contribution < -0.4 is 10.2 Å². The Labute approximate surface area is 181 Å². The van der Waals surface area contributed by atoms with Crippen LogP contribution in [0.15, 0.2) is 72.8 Å². The summed E-state index contributed by atoms with van der Waals surface area (Å²) in [6.45, 7) is 3.43. The van der Waals surface area contributed by atoms with Crippen LogP contribution in [0, 0.1) is 12.7 Å². The molecule has 0 aliphatic carbocycles. The van der Waals surface area contributed by atoms with Gasteiger partial charge in [0, 0.05) is 25.2 Å². The van der Waals surface area contributed by atoms with Crippen molar-refractivity contribution in [2.75, 3.05) is 23.3 Å². The van der Waals surface area contributed by atoms with Crippen molar-refractivity contribution in [3.8, 4) is 0 Å². The molecule has 158 valence electrons. The Kier molecular flexibility index (Phi) is 5.98. The van der Waals surface area contributed by atoms with Crippen LogP contribution in [0.1, 0.15) is 27.9 Å². The molecule has 0 aromatic heterocycles. The van der Waals surface area contributed by atoms with Crippen LogP contribution in [-0.2, 0) is 6.54 Å². The number of anilines is 2. The van der Waals surface area contributed by atoms with Crippen molar-refractivity contribution in [3.63, 3.8) is 0 Å². The molecular weight excluding hydrogens is 393 g/mol. The van der Waals surface area contributed by atoms with Crippen molar-refractivity contribution in [1.29, 1.82) is 0 Å². The molecule has 3 aromatic carbocycles. The predicted octanol–water partition coefficient (Wildman–Crippen LogP) is 5.22. The summed E-state index contributed by atoms with van der Waals surface area (Å²) in [7, 11) is 0. The van der Waals surface area contributed by atoms with Crippen LogP contribution in [0.3, 0.4) is 0 Å². The molecule has 0 atom stereocenters. The molecule has 0 unspecified atom stereocenters. The van der Waals surface area contributed by atoms with Crippen molar-refractivity contribution in [2.45, 2.75) is 19.9 Å². The number of rotatable bonds is 5. The van der Waals surface area contributed by atoms with Crippen molar-refractivity contribution in [2.24, 2.45) is 0 Å². The molecule has 1 saturated heterocycles. The van der Waals surface area contributed by atoms with Gasteiger partial charge in [-0.15, -0.1) is 0 Å². The van der Waals surface area contributed by atoms with E-state index in [9.17, 15) is 14.0 Å². The highest BCUT2D eigenvalue weighted by atomic mass is 19.1. The highest BCUT2D eigenvalue weighted by Gasteiger charge is 2.28. The zero-order chi connectivity index (χ0) is 21.8. The Morgan fingerprint density at radius 3 is 2.61 bits per heavy atom. The maximum Gasteiger partial charge on any atom is 0.324 e. The number of carbonyl (C=O) groups is 2. The van der Waals surface area contributed by atoms with E-state index in [4.69, 9.17) is 0 Å². The molecule has 1 aliphatic heterocycles. The lowest BCUT2D eigenvalue weighted by atomic mass is 10.1. The van der Waals surface area contributed by atoms with Gasteiger partial charge < -0.3 is 10.2 Å². The zero-order valence-electron chi connectivity index (χ0n) is 17.3. The second-order valence-electron chi connectivity index (χ2n) is 7.68. The Morgan fingerprint density at radius 1 is 1.00 bits per heavy atom. The number of carbonyl (C=O) groups excluding carboxylic acids is 2. The number of hydrogen-bond donors (Lipinski definition) is 1. The van der Waals surface area contributed by atoms with Gasteiger partial charge in [-0.2, -0.15) is 0 Å². The van der Waals surface area contributed by atoms with Crippen LogP contribution in [0.2, 0.25) is 0 Å². The topological polar surface area (TPSA) is 52.7 Å². The van der Waals surface area contributed by atoms with Crippen LogP contribution in [0.5, 0.6) is 0 Å². The molecule has 3 amide bonds. The summed E-state index contributed by atoms with van der Waals surface area (Å²) in [6.07, 6.45) is 0.779. The predicted molar refractivity (Wildman–Crippen MR) is 120 cm³/mol. The van der Waals surface area contributed by atoms with Crippen molar-refractivity contribution < 1.29 is 14.0 Å². The van der Waals surface area contributed by atoms with E-state index in [0.717, 1.165) is 17.5 Å². The minimum absolute atomic E-state index is 0.159. The standard InChI is InChI=1S/C25H24FN3O2/c1-18-7-4-9-20(15-18)24(30)27-22-11-2-3-12-23(22)29-14-6-13-28(25(29)31)17-19-8-5-10-21(26)16-19/h2-5,7-12,15-16H,6,13-14,17H2,1H3,(H,27,30). The van der Waals surface area contributed by atoms with E-state index in [1.165, 1.54) is 12.1 Å². The van der Waals surface area contributed by atoms with Gasteiger partial charge in [-0.1, -0.05) is 42.0 Å². The van der Waals surface area contributed by atoms with Gasteiger partial charge in [0.05, 0.1) is 11.4 Å². The molecule has 0 saturated carbocycles. The van der Waals surface area contributed by atoms with E-state index in [1.54, 1.807) is 28.0 Å². The van der Waals surface area contributed by atoms with Gasteiger partial charge in [-0.25, -0.2) is 9.18 Å². The second kappa shape index (κ2) is 9.00. The molecule has 0 bridgehead atoms. The van der Waals surface area contributed by atoms with Gasteiger partial charge in [0.1, 0.15) is 5.82 Å². The molecule has 3 aromatic rings. The molecule has 1 fully saturated rings. The first-order valence-electron chi connectivity index (χ1n) is 10.3. The van der Waals surface area contributed by atoms with Crippen LogP contribution in [0.4, 0.5) is 20.6 Å². The summed E-state index contributed by atoms with van der Waals surface area (Å²) < 4.78 is 13.5. The molecule has 1 N–H and O–H groups in total. The fourth-order valence-electron chi connectivity index (χ4n) is 3.80. The molecule has 4 rings (SSSR count). The first-order valence-corrected chi connectivity index (χ1v) is 10.3. The first kappa shape index (κ1) is 20.6. The lowest BCUT2D eigenvalue weighted by Gasteiger charge is -2.36. The van der Waals surface area contributed by atoms with E-state index >= 15 is 0 Å².